The number of carbonyl (C=O) groups is 2. The number of hydrogen-bond donors (Lipinski definition) is 1. The molecule has 2 aliphatic rings. The molecule has 0 aromatic carbocycles. The number of nitrogens with one attached hydrogen (secondary N) is 1. The van der Waals surface area contributed by atoms with Crippen LogP contribution in [0.4, 0.5) is 4.79 Å². The van der Waals surface area contributed by atoms with Crippen molar-refractivity contribution in [3.63, 3.8) is 0 Å². The van der Waals surface area contributed by atoms with Gasteiger partial charge in [0, 0.05) is 38.2 Å². The van der Waals surface area contributed by atoms with Crippen molar-refractivity contribution < 1.29 is 9.59 Å². The molecule has 8 heteroatoms. The van der Waals surface area contributed by atoms with Crippen LogP contribution in [0.25, 0.3) is 0 Å². The molecule has 1 saturated heterocycles. The molecule has 1 N–H and O–H groups in total. The summed E-state index contributed by atoms with van der Waals surface area (Å²) >= 11 is 1.32. The molecule has 0 spiro atoms. The van der Waals surface area contributed by atoms with Gasteiger partial charge in [0.1, 0.15) is 5.82 Å². The van der Waals surface area contributed by atoms with Gasteiger partial charge in [-0.15, -0.1) is 10.2 Å². The van der Waals surface area contributed by atoms with Crippen molar-refractivity contribution in [3.05, 3.63) is 11.6 Å². The highest BCUT2D eigenvalue weighted by Gasteiger charge is 2.21. The Kier molecular flexibility index (Phi) is 3.90. The van der Waals surface area contributed by atoms with Gasteiger partial charge in [0.15, 0.2) is 5.82 Å². The van der Waals surface area contributed by atoms with Gasteiger partial charge in [-0.05, 0) is 6.42 Å². The zero-order chi connectivity index (χ0) is 13.9. The van der Waals surface area contributed by atoms with Crippen molar-refractivity contribution in [3.8, 4) is 0 Å². The standard InChI is InChI=1S/C12H17N5O2S/c18-11(3-5-16-6-7-20-12(16)19)13-8-10-15-14-9-2-1-4-17(9)10/h1-8H2,(H,13,18). The van der Waals surface area contributed by atoms with Crippen LogP contribution in [0.3, 0.4) is 0 Å². The van der Waals surface area contributed by atoms with Crippen LogP contribution in [-0.2, 0) is 24.3 Å². The summed E-state index contributed by atoms with van der Waals surface area (Å²) in [5, 5.41) is 11.1. The van der Waals surface area contributed by atoms with Gasteiger partial charge >= 0.3 is 0 Å². The van der Waals surface area contributed by atoms with Crippen molar-refractivity contribution in [2.45, 2.75) is 32.4 Å². The minimum absolute atomic E-state index is 0.0509. The lowest BCUT2D eigenvalue weighted by molar-refractivity contribution is -0.121. The van der Waals surface area contributed by atoms with E-state index in [1.807, 2.05) is 0 Å². The van der Waals surface area contributed by atoms with E-state index in [4.69, 9.17) is 0 Å². The molecule has 7 nitrogen and oxygen atoms in total. The number of carbonyl (C=O) groups excluding carboxylic acids is 2. The van der Waals surface area contributed by atoms with E-state index in [1.54, 1.807) is 4.90 Å². The summed E-state index contributed by atoms with van der Waals surface area (Å²) in [6.45, 7) is 2.59. The first kappa shape index (κ1) is 13.4. The van der Waals surface area contributed by atoms with Gasteiger partial charge < -0.3 is 14.8 Å². The second kappa shape index (κ2) is 5.82. The maximum atomic E-state index is 11.8. The third-order valence-electron chi connectivity index (χ3n) is 3.58. The Morgan fingerprint density at radius 1 is 1.35 bits per heavy atom. The van der Waals surface area contributed by atoms with E-state index < -0.39 is 0 Å². The molecule has 2 aliphatic heterocycles. The smallest absolute Gasteiger partial charge is 0.281 e. The molecule has 20 heavy (non-hydrogen) atoms. The van der Waals surface area contributed by atoms with E-state index in [9.17, 15) is 9.59 Å². The molecular weight excluding hydrogens is 278 g/mol. The van der Waals surface area contributed by atoms with E-state index >= 15 is 0 Å². The van der Waals surface area contributed by atoms with Crippen LogP contribution in [0.2, 0.25) is 0 Å². The van der Waals surface area contributed by atoms with Gasteiger partial charge in [0.05, 0.1) is 6.54 Å². The quantitative estimate of drug-likeness (QED) is 0.850. The van der Waals surface area contributed by atoms with E-state index in [-0.39, 0.29) is 11.1 Å². The first-order valence-electron chi connectivity index (χ1n) is 6.83. The number of nitrogens with zero attached hydrogens (tertiary/aromatic N) is 4. The SMILES string of the molecule is O=C(CCN1CCSC1=O)NCc1nnc2n1CCC2. The van der Waals surface area contributed by atoms with E-state index in [1.165, 1.54) is 11.8 Å². The summed E-state index contributed by atoms with van der Waals surface area (Å²) in [6, 6.07) is 0. The van der Waals surface area contributed by atoms with Crippen LogP contribution < -0.4 is 5.32 Å². The fourth-order valence-electron chi connectivity index (χ4n) is 2.47. The van der Waals surface area contributed by atoms with Crippen LogP contribution in [0.5, 0.6) is 0 Å². The van der Waals surface area contributed by atoms with Crippen molar-refractivity contribution in [1.29, 1.82) is 0 Å². The van der Waals surface area contributed by atoms with Crippen molar-refractivity contribution in [1.82, 2.24) is 25.0 Å². The Morgan fingerprint density at radius 2 is 2.25 bits per heavy atom. The van der Waals surface area contributed by atoms with Crippen LogP contribution in [-0.4, -0.2) is 49.7 Å². The number of aromatic nitrogens is 3. The highest BCUT2D eigenvalue weighted by molar-refractivity contribution is 8.13. The summed E-state index contributed by atoms with van der Waals surface area (Å²) in [5.74, 6) is 2.60. The fourth-order valence-corrected chi connectivity index (χ4v) is 3.32. The first-order valence-corrected chi connectivity index (χ1v) is 7.82. The van der Waals surface area contributed by atoms with E-state index in [2.05, 4.69) is 20.1 Å². The first-order chi connectivity index (χ1) is 9.74. The second-order valence-electron chi connectivity index (χ2n) is 4.92. The van der Waals surface area contributed by atoms with Gasteiger partial charge in [-0.3, -0.25) is 9.59 Å². The van der Waals surface area contributed by atoms with Crippen molar-refractivity contribution >= 4 is 22.9 Å². The normalized spacial score (nSPS) is 17.6. The van der Waals surface area contributed by atoms with Crippen molar-refractivity contribution in [2.24, 2.45) is 0 Å². The summed E-state index contributed by atoms with van der Waals surface area (Å²) < 4.78 is 2.07. The van der Waals surface area contributed by atoms with Crippen LogP contribution >= 0.6 is 11.8 Å². The molecular formula is C12H17N5O2S. The van der Waals surface area contributed by atoms with Crippen LogP contribution in [0.15, 0.2) is 0 Å². The molecule has 1 aromatic heterocycles. The highest BCUT2D eigenvalue weighted by atomic mass is 32.2. The Bertz CT molecular complexity index is 530. The van der Waals surface area contributed by atoms with E-state index in [0.717, 1.165) is 43.3 Å². The molecule has 2 amide bonds. The Balaban J connectivity index is 1.44. The van der Waals surface area contributed by atoms with Gasteiger partial charge in [0.25, 0.3) is 5.24 Å². The maximum Gasteiger partial charge on any atom is 0.281 e. The monoisotopic (exact) mass is 295 g/mol. The molecule has 1 aromatic rings. The molecule has 0 saturated carbocycles. The average Bonchev–Trinajstić information content (AvgIpc) is 3.11. The summed E-state index contributed by atoms with van der Waals surface area (Å²) in [4.78, 5) is 24.9. The summed E-state index contributed by atoms with van der Waals surface area (Å²) in [7, 11) is 0. The Labute approximate surface area is 121 Å². The largest absolute Gasteiger partial charge is 0.349 e. The zero-order valence-electron chi connectivity index (χ0n) is 11.2. The lowest BCUT2D eigenvalue weighted by Crippen LogP contribution is -2.31. The molecule has 0 atom stereocenters. The van der Waals surface area contributed by atoms with Gasteiger partial charge in [-0.1, -0.05) is 11.8 Å². The molecule has 1 fully saturated rings. The van der Waals surface area contributed by atoms with Gasteiger partial charge in [-0.2, -0.15) is 0 Å². The Hall–Kier alpha value is -1.57. The van der Waals surface area contributed by atoms with Gasteiger partial charge in [-0.25, -0.2) is 0 Å². The second-order valence-corrected chi connectivity index (χ2v) is 5.96. The minimum Gasteiger partial charge on any atom is -0.349 e. The lowest BCUT2D eigenvalue weighted by atomic mass is 10.3. The van der Waals surface area contributed by atoms with Gasteiger partial charge in [0.2, 0.25) is 5.91 Å². The Morgan fingerprint density at radius 3 is 3.05 bits per heavy atom. The number of hydrogen-bond acceptors (Lipinski definition) is 5. The summed E-state index contributed by atoms with van der Waals surface area (Å²) in [6.07, 6.45) is 2.41. The number of rotatable bonds is 5. The maximum absolute atomic E-state index is 11.8. The third-order valence-corrected chi connectivity index (χ3v) is 4.48. The predicted molar refractivity (Wildman–Crippen MR) is 74.2 cm³/mol. The molecule has 108 valence electrons. The summed E-state index contributed by atoms with van der Waals surface area (Å²) in [5.41, 5.74) is 0. The number of fused-ring (bicyclic) bond motifs is 1. The van der Waals surface area contributed by atoms with E-state index in [0.29, 0.717) is 19.5 Å². The number of amides is 2. The molecule has 0 unspecified atom stereocenters. The number of aryl methyl sites for hydroxylation is 1. The predicted octanol–water partition coefficient (Wildman–Crippen LogP) is 0.399. The lowest BCUT2D eigenvalue weighted by Gasteiger charge is -2.13. The molecule has 3 rings (SSSR count). The molecule has 0 bridgehead atoms. The number of thioether (sulfide) groups is 1. The topological polar surface area (TPSA) is 80.1 Å². The molecule has 0 radical (unpaired) electrons. The third kappa shape index (κ3) is 2.79. The zero-order valence-corrected chi connectivity index (χ0v) is 12.0. The fraction of sp³-hybridized carbons (Fsp3) is 0.667. The molecule has 0 aliphatic carbocycles. The minimum atomic E-state index is -0.0509. The average molecular weight is 295 g/mol. The molecule has 3 heterocycles. The van der Waals surface area contributed by atoms with Crippen LogP contribution in [0.1, 0.15) is 24.5 Å². The highest BCUT2D eigenvalue weighted by Crippen LogP contribution is 2.17. The van der Waals surface area contributed by atoms with Crippen molar-refractivity contribution in [2.75, 3.05) is 18.8 Å². The van der Waals surface area contributed by atoms with Crippen LogP contribution in [0, 0.1) is 0 Å².